The Kier molecular flexibility index (Phi) is 4.95. The Morgan fingerprint density at radius 3 is 2.90 bits per heavy atom. The summed E-state index contributed by atoms with van der Waals surface area (Å²) in [7, 11) is 4.18. The SMILES string of the molecule is CCOC(=O)c1ccc(N2CCCC2CN(C)C)nc1. The van der Waals surface area contributed by atoms with Crippen molar-refractivity contribution >= 4 is 11.8 Å². The zero-order chi connectivity index (χ0) is 14.5. The second-order valence-electron chi connectivity index (χ2n) is 5.38. The number of esters is 1. The Balaban J connectivity index is 2.07. The van der Waals surface area contributed by atoms with Gasteiger partial charge >= 0.3 is 5.97 Å². The fourth-order valence-corrected chi connectivity index (χ4v) is 2.64. The van der Waals surface area contributed by atoms with Crippen LogP contribution in [0.1, 0.15) is 30.1 Å². The Morgan fingerprint density at radius 1 is 1.50 bits per heavy atom. The maximum absolute atomic E-state index is 11.6. The van der Waals surface area contributed by atoms with Crippen molar-refractivity contribution in [3.05, 3.63) is 23.9 Å². The Bertz CT molecular complexity index is 445. The molecule has 1 aromatic rings. The lowest BCUT2D eigenvalue weighted by Crippen LogP contribution is -2.38. The molecule has 0 saturated carbocycles. The van der Waals surface area contributed by atoms with Gasteiger partial charge < -0.3 is 14.5 Å². The summed E-state index contributed by atoms with van der Waals surface area (Å²) in [6.07, 6.45) is 4.00. The van der Waals surface area contributed by atoms with E-state index in [1.54, 1.807) is 19.2 Å². The number of aromatic nitrogens is 1. The van der Waals surface area contributed by atoms with Crippen LogP contribution in [0.15, 0.2) is 18.3 Å². The molecule has 110 valence electrons. The van der Waals surface area contributed by atoms with E-state index in [-0.39, 0.29) is 5.97 Å². The molecule has 0 bridgehead atoms. The summed E-state index contributed by atoms with van der Waals surface area (Å²) >= 11 is 0. The lowest BCUT2D eigenvalue weighted by Gasteiger charge is -2.28. The van der Waals surface area contributed by atoms with Crippen molar-refractivity contribution in [2.75, 3.05) is 38.7 Å². The first-order valence-corrected chi connectivity index (χ1v) is 7.16. The number of rotatable bonds is 5. The molecule has 5 heteroatoms. The molecule has 0 amide bonds. The summed E-state index contributed by atoms with van der Waals surface area (Å²) in [5.74, 6) is 0.639. The van der Waals surface area contributed by atoms with Gasteiger partial charge in [-0.15, -0.1) is 0 Å². The first-order chi connectivity index (χ1) is 9.61. The number of likely N-dealkylation sites (N-methyl/N-ethyl adjacent to an activating group) is 1. The molecule has 0 aliphatic carbocycles. The highest BCUT2D eigenvalue weighted by atomic mass is 16.5. The number of carbonyl (C=O) groups is 1. The van der Waals surface area contributed by atoms with Crippen molar-refractivity contribution < 1.29 is 9.53 Å². The van der Waals surface area contributed by atoms with Gasteiger partial charge in [-0.05, 0) is 46.0 Å². The fraction of sp³-hybridized carbons (Fsp3) is 0.600. The number of pyridine rings is 1. The van der Waals surface area contributed by atoms with Crippen molar-refractivity contribution in [3.63, 3.8) is 0 Å². The van der Waals surface area contributed by atoms with Gasteiger partial charge in [-0.3, -0.25) is 0 Å². The van der Waals surface area contributed by atoms with E-state index in [0.717, 1.165) is 18.9 Å². The average molecular weight is 277 g/mol. The van der Waals surface area contributed by atoms with Crippen molar-refractivity contribution in [3.8, 4) is 0 Å². The Morgan fingerprint density at radius 2 is 2.30 bits per heavy atom. The third kappa shape index (κ3) is 3.48. The molecule has 0 N–H and O–H groups in total. The molecule has 1 saturated heterocycles. The maximum atomic E-state index is 11.6. The number of ether oxygens (including phenoxy) is 1. The first-order valence-electron chi connectivity index (χ1n) is 7.16. The summed E-state index contributed by atoms with van der Waals surface area (Å²) in [5.41, 5.74) is 0.513. The van der Waals surface area contributed by atoms with Crippen molar-refractivity contribution in [1.29, 1.82) is 0 Å². The number of carbonyl (C=O) groups excluding carboxylic acids is 1. The summed E-state index contributed by atoms with van der Waals surface area (Å²) in [5, 5.41) is 0. The Labute approximate surface area is 120 Å². The molecular formula is C15H23N3O2. The standard InChI is InChI=1S/C15H23N3O2/c1-4-20-15(19)12-7-8-14(16-10-12)18-9-5-6-13(18)11-17(2)3/h7-8,10,13H,4-6,9,11H2,1-3H3. The van der Waals surface area contributed by atoms with Crippen LogP contribution in [0.5, 0.6) is 0 Å². The molecule has 1 aliphatic heterocycles. The van der Waals surface area contributed by atoms with Crippen LogP contribution in [-0.2, 0) is 4.74 Å². The van der Waals surface area contributed by atoms with Gasteiger partial charge in [0, 0.05) is 25.3 Å². The van der Waals surface area contributed by atoms with Crippen LogP contribution in [0, 0.1) is 0 Å². The Hall–Kier alpha value is -1.62. The average Bonchev–Trinajstić information content (AvgIpc) is 2.86. The molecule has 20 heavy (non-hydrogen) atoms. The van der Waals surface area contributed by atoms with E-state index in [1.165, 1.54) is 12.8 Å². The summed E-state index contributed by atoms with van der Waals surface area (Å²) < 4.78 is 4.97. The van der Waals surface area contributed by atoms with Crippen molar-refractivity contribution in [2.24, 2.45) is 0 Å². The lowest BCUT2D eigenvalue weighted by atomic mass is 10.2. The van der Waals surface area contributed by atoms with E-state index in [1.807, 2.05) is 6.07 Å². The first kappa shape index (κ1) is 14.8. The molecule has 1 unspecified atom stereocenters. The molecule has 0 radical (unpaired) electrons. The quantitative estimate of drug-likeness (QED) is 0.768. The number of nitrogens with zero attached hydrogens (tertiary/aromatic N) is 3. The van der Waals surface area contributed by atoms with Gasteiger partial charge in [-0.1, -0.05) is 0 Å². The molecule has 0 spiro atoms. The molecule has 0 aromatic carbocycles. The molecule has 1 atom stereocenters. The maximum Gasteiger partial charge on any atom is 0.339 e. The van der Waals surface area contributed by atoms with Crippen LogP contribution in [0.4, 0.5) is 5.82 Å². The smallest absolute Gasteiger partial charge is 0.339 e. The minimum atomic E-state index is -0.308. The van der Waals surface area contributed by atoms with E-state index in [2.05, 4.69) is 28.9 Å². The fourth-order valence-electron chi connectivity index (χ4n) is 2.64. The highest BCUT2D eigenvalue weighted by Crippen LogP contribution is 2.24. The van der Waals surface area contributed by atoms with Crippen LogP contribution in [0.25, 0.3) is 0 Å². The third-order valence-electron chi connectivity index (χ3n) is 3.51. The monoisotopic (exact) mass is 277 g/mol. The van der Waals surface area contributed by atoms with Gasteiger partial charge in [0.15, 0.2) is 0 Å². The van der Waals surface area contributed by atoms with Crippen molar-refractivity contribution in [1.82, 2.24) is 9.88 Å². The van der Waals surface area contributed by atoms with E-state index in [4.69, 9.17) is 4.74 Å². The number of hydrogen-bond acceptors (Lipinski definition) is 5. The largest absolute Gasteiger partial charge is 0.462 e. The van der Waals surface area contributed by atoms with E-state index in [9.17, 15) is 4.79 Å². The zero-order valence-electron chi connectivity index (χ0n) is 12.5. The third-order valence-corrected chi connectivity index (χ3v) is 3.51. The number of hydrogen-bond donors (Lipinski definition) is 0. The predicted molar refractivity (Wildman–Crippen MR) is 79.1 cm³/mol. The minimum absolute atomic E-state index is 0.308. The normalized spacial score (nSPS) is 18.6. The van der Waals surface area contributed by atoms with Crippen LogP contribution < -0.4 is 4.90 Å². The van der Waals surface area contributed by atoms with Gasteiger partial charge in [0.25, 0.3) is 0 Å². The van der Waals surface area contributed by atoms with Gasteiger partial charge in [0.05, 0.1) is 12.2 Å². The molecule has 1 fully saturated rings. The summed E-state index contributed by atoms with van der Waals surface area (Å²) in [6.45, 7) is 4.25. The second kappa shape index (κ2) is 6.70. The lowest BCUT2D eigenvalue weighted by molar-refractivity contribution is 0.0526. The predicted octanol–water partition coefficient (Wildman–Crippen LogP) is 1.79. The molecule has 5 nitrogen and oxygen atoms in total. The van der Waals surface area contributed by atoms with Crippen LogP contribution in [0.2, 0.25) is 0 Å². The minimum Gasteiger partial charge on any atom is -0.462 e. The molecule has 1 aliphatic rings. The molecule has 1 aromatic heterocycles. The second-order valence-corrected chi connectivity index (χ2v) is 5.38. The van der Waals surface area contributed by atoms with E-state index < -0.39 is 0 Å². The van der Waals surface area contributed by atoms with Gasteiger partial charge in [-0.25, -0.2) is 9.78 Å². The summed E-state index contributed by atoms with van der Waals surface area (Å²) in [4.78, 5) is 20.6. The topological polar surface area (TPSA) is 45.7 Å². The van der Waals surface area contributed by atoms with Crippen LogP contribution in [0.3, 0.4) is 0 Å². The van der Waals surface area contributed by atoms with E-state index >= 15 is 0 Å². The van der Waals surface area contributed by atoms with Gasteiger partial charge in [0.2, 0.25) is 0 Å². The molecular weight excluding hydrogens is 254 g/mol. The molecule has 2 heterocycles. The van der Waals surface area contributed by atoms with Gasteiger partial charge in [0.1, 0.15) is 5.82 Å². The highest BCUT2D eigenvalue weighted by Gasteiger charge is 2.26. The van der Waals surface area contributed by atoms with Crippen LogP contribution >= 0.6 is 0 Å². The van der Waals surface area contributed by atoms with Crippen LogP contribution in [-0.4, -0.2) is 55.7 Å². The van der Waals surface area contributed by atoms with E-state index in [0.29, 0.717) is 18.2 Å². The van der Waals surface area contributed by atoms with Gasteiger partial charge in [-0.2, -0.15) is 0 Å². The molecule has 2 rings (SSSR count). The van der Waals surface area contributed by atoms with Crippen molar-refractivity contribution in [2.45, 2.75) is 25.8 Å². The zero-order valence-corrected chi connectivity index (χ0v) is 12.5. The summed E-state index contributed by atoms with van der Waals surface area (Å²) in [6, 6.07) is 4.22. The number of anilines is 1. The highest BCUT2D eigenvalue weighted by molar-refractivity contribution is 5.89.